The minimum Gasteiger partial charge on any atom is -0.355 e. The third-order valence-electron chi connectivity index (χ3n) is 5.30. The van der Waals surface area contributed by atoms with Crippen LogP contribution in [0.15, 0.2) is 29.3 Å². The maximum absolute atomic E-state index is 12.1. The van der Waals surface area contributed by atoms with E-state index in [2.05, 4.69) is 39.7 Å². The largest absolute Gasteiger partial charge is 0.355 e. The second kappa shape index (κ2) is 13.0. The molecular formula is C21H36IN5O. The van der Waals surface area contributed by atoms with Gasteiger partial charge in [-0.25, -0.2) is 0 Å². The summed E-state index contributed by atoms with van der Waals surface area (Å²) in [6.07, 6.45) is 3.46. The molecule has 0 saturated carbocycles. The number of likely N-dealkylation sites (N-methyl/N-ethyl adjacent to an activating group) is 1. The predicted octanol–water partition coefficient (Wildman–Crippen LogP) is 2.98. The predicted molar refractivity (Wildman–Crippen MR) is 128 cm³/mol. The average molecular weight is 501 g/mol. The van der Waals surface area contributed by atoms with Crippen molar-refractivity contribution in [1.29, 1.82) is 0 Å². The lowest BCUT2D eigenvalue weighted by Crippen LogP contribution is -2.44. The van der Waals surface area contributed by atoms with Crippen molar-refractivity contribution in [3.05, 3.63) is 35.4 Å². The molecule has 1 aromatic rings. The Morgan fingerprint density at radius 1 is 1.25 bits per heavy atom. The van der Waals surface area contributed by atoms with E-state index < -0.39 is 0 Å². The van der Waals surface area contributed by atoms with Crippen LogP contribution in [0.5, 0.6) is 0 Å². The van der Waals surface area contributed by atoms with Gasteiger partial charge in [0.25, 0.3) is 5.91 Å². The van der Waals surface area contributed by atoms with Crippen LogP contribution in [0.3, 0.4) is 0 Å². The topological polar surface area (TPSA) is 68.8 Å². The molecule has 1 fully saturated rings. The zero-order chi connectivity index (χ0) is 19.6. The number of nitrogens with one attached hydrogen (secondary N) is 3. The number of nitrogens with zero attached hydrogens (tertiary/aromatic N) is 2. The SMILES string of the molecule is CCC(C)NC(=O)c1ccc(CNC(=NC)NCC2CCCN2CC)cc1.I. The second-order valence-electron chi connectivity index (χ2n) is 7.21. The van der Waals surface area contributed by atoms with E-state index in [0.29, 0.717) is 18.2 Å². The van der Waals surface area contributed by atoms with Crippen molar-refractivity contribution in [3.63, 3.8) is 0 Å². The molecule has 0 aromatic heterocycles. The minimum atomic E-state index is -0.0154. The zero-order valence-electron chi connectivity index (χ0n) is 17.6. The zero-order valence-corrected chi connectivity index (χ0v) is 20.0. The lowest BCUT2D eigenvalue weighted by molar-refractivity contribution is 0.0939. The van der Waals surface area contributed by atoms with Gasteiger partial charge in [0.2, 0.25) is 0 Å². The third kappa shape index (κ3) is 7.58. The number of guanidine groups is 1. The first-order valence-electron chi connectivity index (χ1n) is 10.2. The van der Waals surface area contributed by atoms with Gasteiger partial charge < -0.3 is 16.0 Å². The van der Waals surface area contributed by atoms with Gasteiger partial charge in [-0.3, -0.25) is 14.7 Å². The first-order valence-corrected chi connectivity index (χ1v) is 10.2. The van der Waals surface area contributed by atoms with E-state index >= 15 is 0 Å². The summed E-state index contributed by atoms with van der Waals surface area (Å²) >= 11 is 0. The van der Waals surface area contributed by atoms with Crippen molar-refractivity contribution < 1.29 is 4.79 Å². The van der Waals surface area contributed by atoms with E-state index in [1.807, 2.05) is 31.2 Å². The highest BCUT2D eigenvalue weighted by Crippen LogP contribution is 2.15. The number of amides is 1. The Morgan fingerprint density at radius 3 is 2.57 bits per heavy atom. The molecule has 2 atom stereocenters. The molecule has 0 aliphatic carbocycles. The summed E-state index contributed by atoms with van der Waals surface area (Å²) in [6, 6.07) is 8.52. The van der Waals surface area contributed by atoms with Gasteiger partial charge >= 0.3 is 0 Å². The van der Waals surface area contributed by atoms with Gasteiger partial charge in [-0.05, 0) is 57.0 Å². The first kappa shape index (κ1) is 24.7. The molecule has 6 nitrogen and oxygen atoms in total. The minimum absolute atomic E-state index is 0. The molecule has 158 valence electrons. The normalized spacial score (nSPS) is 18.3. The van der Waals surface area contributed by atoms with Gasteiger partial charge in [-0.2, -0.15) is 0 Å². The first-order chi connectivity index (χ1) is 13.1. The van der Waals surface area contributed by atoms with E-state index in [1.165, 1.54) is 19.4 Å². The van der Waals surface area contributed by atoms with Crippen molar-refractivity contribution in [1.82, 2.24) is 20.9 Å². The van der Waals surface area contributed by atoms with Crippen molar-refractivity contribution in [2.75, 3.05) is 26.7 Å². The molecule has 1 aliphatic heterocycles. The lowest BCUT2D eigenvalue weighted by atomic mass is 10.1. The number of carbonyl (C=O) groups excluding carboxylic acids is 1. The smallest absolute Gasteiger partial charge is 0.251 e. The molecule has 0 bridgehead atoms. The molecule has 1 aromatic carbocycles. The molecule has 2 rings (SSSR count). The maximum Gasteiger partial charge on any atom is 0.251 e. The van der Waals surface area contributed by atoms with E-state index in [0.717, 1.165) is 31.0 Å². The summed E-state index contributed by atoms with van der Waals surface area (Å²) in [4.78, 5) is 19.0. The van der Waals surface area contributed by atoms with Crippen LogP contribution in [0.4, 0.5) is 0 Å². The Kier molecular flexibility index (Phi) is 11.4. The summed E-state index contributed by atoms with van der Waals surface area (Å²) in [5.74, 6) is 0.801. The highest BCUT2D eigenvalue weighted by atomic mass is 127. The van der Waals surface area contributed by atoms with Gasteiger partial charge in [0.05, 0.1) is 0 Å². The number of halogens is 1. The number of hydrogen-bond acceptors (Lipinski definition) is 3. The summed E-state index contributed by atoms with van der Waals surface area (Å²) in [5, 5.41) is 9.78. The van der Waals surface area contributed by atoms with Crippen LogP contribution < -0.4 is 16.0 Å². The fourth-order valence-electron chi connectivity index (χ4n) is 3.35. The van der Waals surface area contributed by atoms with Crippen LogP contribution in [0.1, 0.15) is 56.0 Å². The fraction of sp³-hybridized carbons (Fsp3) is 0.619. The molecule has 1 heterocycles. The second-order valence-corrected chi connectivity index (χ2v) is 7.21. The molecular weight excluding hydrogens is 465 g/mol. The fourth-order valence-corrected chi connectivity index (χ4v) is 3.35. The molecule has 1 aliphatic rings. The van der Waals surface area contributed by atoms with E-state index in [4.69, 9.17) is 0 Å². The highest BCUT2D eigenvalue weighted by molar-refractivity contribution is 14.0. The molecule has 1 saturated heterocycles. The Bertz CT molecular complexity index is 620. The van der Waals surface area contributed by atoms with Crippen molar-refractivity contribution in [3.8, 4) is 0 Å². The Labute approximate surface area is 187 Å². The molecule has 1 amide bonds. The molecule has 2 unspecified atom stereocenters. The van der Waals surface area contributed by atoms with Crippen LogP contribution >= 0.6 is 24.0 Å². The standard InChI is InChI=1S/C21H35N5O.HI/c1-5-16(3)25-20(27)18-11-9-17(10-12-18)14-23-21(22-4)24-15-19-8-7-13-26(19)6-2;/h9-12,16,19H,5-8,13-15H2,1-4H3,(H,25,27)(H2,22,23,24);1H. The third-order valence-corrected chi connectivity index (χ3v) is 5.30. The summed E-state index contributed by atoms with van der Waals surface area (Å²) < 4.78 is 0. The van der Waals surface area contributed by atoms with Crippen LogP contribution in [0, 0.1) is 0 Å². The number of carbonyl (C=O) groups is 1. The quantitative estimate of drug-likeness (QED) is 0.291. The van der Waals surface area contributed by atoms with Gasteiger partial charge in [0.1, 0.15) is 0 Å². The van der Waals surface area contributed by atoms with Crippen LogP contribution in [0.2, 0.25) is 0 Å². The van der Waals surface area contributed by atoms with Gasteiger partial charge in [0, 0.05) is 37.8 Å². The van der Waals surface area contributed by atoms with E-state index in [9.17, 15) is 4.79 Å². The lowest BCUT2D eigenvalue weighted by Gasteiger charge is -2.24. The summed E-state index contributed by atoms with van der Waals surface area (Å²) in [7, 11) is 1.80. The number of hydrogen-bond donors (Lipinski definition) is 3. The molecule has 28 heavy (non-hydrogen) atoms. The number of rotatable bonds is 8. The Morgan fingerprint density at radius 2 is 1.96 bits per heavy atom. The van der Waals surface area contributed by atoms with Gasteiger partial charge in [-0.15, -0.1) is 24.0 Å². The number of aliphatic imine (C=N–C) groups is 1. The molecule has 0 spiro atoms. The Balaban J connectivity index is 0.00000392. The summed E-state index contributed by atoms with van der Waals surface area (Å²) in [6.45, 7) is 10.2. The molecule has 0 radical (unpaired) electrons. The average Bonchev–Trinajstić information content (AvgIpc) is 3.16. The van der Waals surface area contributed by atoms with Crippen LogP contribution in [0.25, 0.3) is 0 Å². The van der Waals surface area contributed by atoms with Crippen molar-refractivity contribution >= 4 is 35.8 Å². The van der Waals surface area contributed by atoms with Gasteiger partial charge in [-0.1, -0.05) is 26.0 Å². The van der Waals surface area contributed by atoms with Gasteiger partial charge in [0.15, 0.2) is 5.96 Å². The van der Waals surface area contributed by atoms with Crippen LogP contribution in [-0.4, -0.2) is 55.5 Å². The molecule has 3 N–H and O–H groups in total. The maximum atomic E-state index is 12.1. The highest BCUT2D eigenvalue weighted by Gasteiger charge is 2.22. The van der Waals surface area contributed by atoms with E-state index in [-0.39, 0.29) is 35.9 Å². The number of benzene rings is 1. The monoisotopic (exact) mass is 501 g/mol. The number of likely N-dealkylation sites (tertiary alicyclic amines) is 1. The van der Waals surface area contributed by atoms with E-state index in [1.54, 1.807) is 7.05 Å². The van der Waals surface area contributed by atoms with Crippen LogP contribution in [-0.2, 0) is 6.54 Å². The molecule has 7 heteroatoms. The Hall–Kier alpha value is -1.35. The van der Waals surface area contributed by atoms with Crippen molar-refractivity contribution in [2.24, 2.45) is 4.99 Å². The summed E-state index contributed by atoms with van der Waals surface area (Å²) in [5.41, 5.74) is 1.82. The van der Waals surface area contributed by atoms with Crippen molar-refractivity contribution in [2.45, 2.75) is 58.7 Å².